The van der Waals surface area contributed by atoms with Gasteiger partial charge in [0.1, 0.15) is 6.10 Å². The Morgan fingerprint density at radius 2 is 2.14 bits per heavy atom. The lowest BCUT2D eigenvalue weighted by molar-refractivity contribution is 0.166. The quantitative estimate of drug-likeness (QED) is 0.730. The highest BCUT2D eigenvalue weighted by molar-refractivity contribution is 9.10. The number of nitrogens with zero attached hydrogens (tertiary/aromatic N) is 2. The molecule has 0 radical (unpaired) electrons. The van der Waals surface area contributed by atoms with Crippen molar-refractivity contribution < 1.29 is 9.84 Å². The highest BCUT2D eigenvalue weighted by atomic mass is 79.9. The molecule has 1 N–H and O–H groups in total. The predicted molar refractivity (Wildman–Crippen MR) is 88.9 cm³/mol. The molecule has 2 rings (SSSR count). The summed E-state index contributed by atoms with van der Waals surface area (Å²) in [5, 5.41) is 15.0. The summed E-state index contributed by atoms with van der Waals surface area (Å²) in [5.74, 6) is 0.514. The first-order valence-electron chi connectivity index (χ1n) is 6.38. The molecule has 0 amide bonds. The Morgan fingerprint density at radius 3 is 2.81 bits per heavy atom. The molecule has 1 atom stereocenters. The molecule has 1 aromatic heterocycles. The number of methoxy groups -OCH3 is 1. The molecule has 1 unspecified atom stereocenters. The van der Waals surface area contributed by atoms with Gasteiger partial charge in [-0.1, -0.05) is 27.5 Å². The van der Waals surface area contributed by atoms with E-state index in [4.69, 9.17) is 16.3 Å². The Balaban J connectivity index is 2.01. The van der Waals surface area contributed by atoms with Gasteiger partial charge in [0, 0.05) is 22.2 Å². The van der Waals surface area contributed by atoms with Gasteiger partial charge in [0.05, 0.1) is 30.1 Å². The van der Waals surface area contributed by atoms with E-state index in [-0.39, 0.29) is 0 Å². The summed E-state index contributed by atoms with van der Waals surface area (Å²) in [6.45, 7) is 1.09. The topological polar surface area (TPSA) is 47.3 Å². The molecule has 21 heavy (non-hydrogen) atoms. The van der Waals surface area contributed by atoms with E-state index in [1.165, 1.54) is 0 Å². The van der Waals surface area contributed by atoms with Crippen LogP contribution in [-0.4, -0.2) is 34.4 Å². The molecule has 0 spiro atoms. The van der Waals surface area contributed by atoms with Gasteiger partial charge in [0.25, 0.3) is 0 Å². The third kappa shape index (κ3) is 4.72. The van der Waals surface area contributed by atoms with Crippen LogP contribution in [0.1, 0.15) is 11.8 Å². The van der Waals surface area contributed by atoms with E-state index < -0.39 is 6.10 Å². The van der Waals surface area contributed by atoms with Gasteiger partial charge in [-0.2, -0.15) is 5.10 Å². The Morgan fingerprint density at radius 1 is 1.43 bits per heavy atom. The van der Waals surface area contributed by atoms with E-state index in [0.717, 1.165) is 9.37 Å². The molecule has 1 heterocycles. The highest BCUT2D eigenvalue weighted by Gasteiger charge is 2.18. The van der Waals surface area contributed by atoms with E-state index in [0.29, 0.717) is 29.6 Å². The van der Waals surface area contributed by atoms with E-state index in [2.05, 4.69) is 21.0 Å². The fourth-order valence-corrected chi connectivity index (χ4v) is 3.21. The van der Waals surface area contributed by atoms with E-state index in [1.54, 1.807) is 29.8 Å². The normalized spacial score (nSPS) is 12.6. The van der Waals surface area contributed by atoms with Crippen molar-refractivity contribution in [2.75, 3.05) is 19.5 Å². The molecule has 2 aromatic rings. The first-order chi connectivity index (χ1) is 10.1. The highest BCUT2D eigenvalue weighted by Crippen LogP contribution is 2.29. The summed E-state index contributed by atoms with van der Waals surface area (Å²) in [7, 11) is 1.63. The standard InChI is InChI=1S/C14H16BrClN2O2S/c1-20-7-6-18-14(12(16)8-17-18)13(19)9-21-11-4-2-10(15)3-5-11/h2-5,8,13,19H,6-7,9H2,1H3. The number of hydrogen-bond acceptors (Lipinski definition) is 4. The number of benzene rings is 1. The number of halogens is 2. The summed E-state index contributed by atoms with van der Waals surface area (Å²) in [6.07, 6.45) is 0.880. The predicted octanol–water partition coefficient (Wildman–Crippen LogP) is 3.77. The fraction of sp³-hybridized carbons (Fsp3) is 0.357. The maximum atomic E-state index is 10.4. The molecule has 0 fully saturated rings. The SMILES string of the molecule is COCCn1ncc(Cl)c1C(O)CSc1ccc(Br)cc1. The van der Waals surface area contributed by atoms with E-state index >= 15 is 0 Å². The third-order valence-corrected chi connectivity index (χ3v) is 4.79. The molecule has 7 heteroatoms. The van der Waals surface area contributed by atoms with Crippen molar-refractivity contribution in [2.45, 2.75) is 17.5 Å². The van der Waals surface area contributed by atoms with Crippen LogP contribution in [0.3, 0.4) is 0 Å². The molecule has 0 aliphatic carbocycles. The van der Waals surface area contributed by atoms with Crippen LogP contribution in [0, 0.1) is 0 Å². The number of hydrogen-bond donors (Lipinski definition) is 1. The van der Waals surface area contributed by atoms with Gasteiger partial charge < -0.3 is 9.84 Å². The number of aliphatic hydroxyl groups is 1. The first kappa shape index (κ1) is 16.8. The third-order valence-electron chi connectivity index (χ3n) is 2.88. The van der Waals surface area contributed by atoms with Gasteiger partial charge >= 0.3 is 0 Å². The van der Waals surface area contributed by atoms with Crippen LogP contribution in [0.2, 0.25) is 5.02 Å². The number of thioether (sulfide) groups is 1. The lowest BCUT2D eigenvalue weighted by Crippen LogP contribution is -2.14. The van der Waals surface area contributed by atoms with Crippen molar-refractivity contribution >= 4 is 39.3 Å². The van der Waals surface area contributed by atoms with Crippen LogP contribution in [0.5, 0.6) is 0 Å². The van der Waals surface area contributed by atoms with Crippen LogP contribution in [0.25, 0.3) is 0 Å². The van der Waals surface area contributed by atoms with Gasteiger partial charge in [-0.05, 0) is 24.3 Å². The minimum Gasteiger partial charge on any atom is -0.386 e. The minimum absolute atomic E-state index is 0.481. The average molecular weight is 392 g/mol. The van der Waals surface area contributed by atoms with Crippen LogP contribution in [0.4, 0.5) is 0 Å². The van der Waals surface area contributed by atoms with Crippen molar-refractivity contribution in [3.05, 3.63) is 45.7 Å². The molecule has 0 aliphatic rings. The molecule has 0 saturated heterocycles. The minimum atomic E-state index is -0.675. The molecular weight excluding hydrogens is 376 g/mol. The molecule has 4 nitrogen and oxygen atoms in total. The zero-order valence-electron chi connectivity index (χ0n) is 11.5. The maximum absolute atomic E-state index is 10.4. The Bertz CT molecular complexity index is 577. The van der Waals surface area contributed by atoms with E-state index in [9.17, 15) is 5.11 Å². The van der Waals surface area contributed by atoms with Gasteiger partial charge in [-0.25, -0.2) is 0 Å². The molecule has 0 bridgehead atoms. The van der Waals surface area contributed by atoms with Crippen LogP contribution >= 0.6 is 39.3 Å². The maximum Gasteiger partial charge on any atom is 0.106 e. The smallest absolute Gasteiger partial charge is 0.106 e. The monoisotopic (exact) mass is 390 g/mol. The van der Waals surface area contributed by atoms with E-state index in [1.807, 2.05) is 24.3 Å². The number of aliphatic hydroxyl groups excluding tert-OH is 1. The van der Waals surface area contributed by atoms with Crippen LogP contribution in [-0.2, 0) is 11.3 Å². The summed E-state index contributed by atoms with van der Waals surface area (Å²) < 4.78 is 7.76. The molecule has 1 aromatic carbocycles. The second kappa shape index (κ2) is 8.19. The van der Waals surface area contributed by atoms with Gasteiger partial charge in [0.2, 0.25) is 0 Å². The largest absolute Gasteiger partial charge is 0.386 e. The second-order valence-corrected chi connectivity index (χ2v) is 6.79. The molecule has 0 aliphatic heterocycles. The summed E-state index contributed by atoms with van der Waals surface area (Å²) in [4.78, 5) is 1.09. The Labute approximate surface area is 141 Å². The van der Waals surface area contributed by atoms with Gasteiger partial charge in [-0.15, -0.1) is 11.8 Å². The molecule has 0 saturated carbocycles. The summed E-state index contributed by atoms with van der Waals surface area (Å²) in [5.41, 5.74) is 0.637. The number of ether oxygens (including phenoxy) is 1. The van der Waals surface area contributed by atoms with Crippen LogP contribution in [0.15, 0.2) is 39.8 Å². The Hall–Kier alpha value is -0.530. The average Bonchev–Trinajstić information content (AvgIpc) is 2.85. The first-order valence-corrected chi connectivity index (χ1v) is 8.54. The van der Waals surface area contributed by atoms with Gasteiger partial charge in [0.15, 0.2) is 0 Å². The van der Waals surface area contributed by atoms with Crippen molar-refractivity contribution in [2.24, 2.45) is 0 Å². The fourth-order valence-electron chi connectivity index (χ4n) is 1.84. The van der Waals surface area contributed by atoms with Gasteiger partial charge in [-0.3, -0.25) is 4.68 Å². The van der Waals surface area contributed by atoms with Crippen molar-refractivity contribution in [1.29, 1.82) is 0 Å². The molecule has 114 valence electrons. The Kier molecular flexibility index (Phi) is 6.57. The zero-order valence-corrected chi connectivity index (χ0v) is 14.7. The lowest BCUT2D eigenvalue weighted by Gasteiger charge is -2.14. The number of rotatable bonds is 7. The van der Waals surface area contributed by atoms with Crippen molar-refractivity contribution in [3.8, 4) is 0 Å². The van der Waals surface area contributed by atoms with Crippen molar-refractivity contribution in [3.63, 3.8) is 0 Å². The second-order valence-electron chi connectivity index (χ2n) is 4.37. The summed E-state index contributed by atoms with van der Waals surface area (Å²) >= 11 is 11.1. The summed E-state index contributed by atoms with van der Waals surface area (Å²) in [6, 6.07) is 7.96. The number of aromatic nitrogens is 2. The molecular formula is C14H16BrClN2O2S. The lowest BCUT2D eigenvalue weighted by atomic mass is 10.3. The zero-order chi connectivity index (χ0) is 15.2. The van der Waals surface area contributed by atoms with Crippen molar-refractivity contribution in [1.82, 2.24) is 9.78 Å². The van der Waals surface area contributed by atoms with Crippen LogP contribution < -0.4 is 0 Å².